The molecule has 1 rings (SSSR count). The Morgan fingerprint density at radius 1 is 0.796 bits per heavy atom. The molecule has 0 aromatic carbocycles. The minimum Gasteiger partial charge on any atom is -0.480 e. The first kappa shape index (κ1) is 42.4. The summed E-state index contributed by atoms with van der Waals surface area (Å²) in [5.41, 5.74) is 16.2. The Labute approximate surface area is 282 Å². The molecule has 6 atom stereocenters. The molecule has 1 aliphatic rings. The second-order valence-electron chi connectivity index (χ2n) is 11.8. The number of carbonyl (C=O) groups is 7. The third kappa shape index (κ3) is 14.6. The van der Waals surface area contributed by atoms with Gasteiger partial charge in [0.1, 0.15) is 36.3 Å². The van der Waals surface area contributed by atoms with Gasteiger partial charge >= 0.3 is 5.97 Å². The van der Waals surface area contributed by atoms with Gasteiger partial charge < -0.3 is 69.1 Å². The molecule has 0 aromatic rings. The number of aliphatic hydroxyl groups excluding tert-OH is 3. The summed E-state index contributed by atoms with van der Waals surface area (Å²) in [7, 11) is 0. The molecule has 0 aliphatic carbocycles. The topological polar surface area (TPSA) is 354 Å². The van der Waals surface area contributed by atoms with Crippen LogP contribution in [-0.4, -0.2) is 148 Å². The molecule has 1 aliphatic heterocycles. The summed E-state index contributed by atoms with van der Waals surface area (Å²) in [6.45, 7) is 0.612. The highest BCUT2D eigenvalue weighted by molar-refractivity contribution is 5.96. The quantitative estimate of drug-likeness (QED) is 0.0301. The van der Waals surface area contributed by atoms with Crippen molar-refractivity contribution >= 4 is 47.4 Å². The van der Waals surface area contributed by atoms with Crippen LogP contribution < -0.4 is 43.8 Å². The van der Waals surface area contributed by atoms with Gasteiger partial charge in [0.05, 0.1) is 26.4 Å². The lowest BCUT2D eigenvalue weighted by molar-refractivity contribution is -0.148. The van der Waals surface area contributed by atoms with E-state index in [2.05, 4.69) is 31.6 Å². The van der Waals surface area contributed by atoms with Gasteiger partial charge in [-0.05, 0) is 38.0 Å². The molecule has 0 spiro atoms. The predicted molar refractivity (Wildman–Crippen MR) is 172 cm³/mol. The number of nitrogens with zero attached hydrogens (tertiary/aromatic N) is 2. The number of nitrogens with two attached hydrogens (primary N) is 3. The summed E-state index contributed by atoms with van der Waals surface area (Å²) >= 11 is 0. The molecule has 0 saturated carbocycles. The molecule has 6 amide bonds. The van der Waals surface area contributed by atoms with Gasteiger partial charge in [-0.15, -0.1) is 0 Å². The molecule has 15 N–H and O–H groups in total. The van der Waals surface area contributed by atoms with Crippen LogP contribution in [0, 0.1) is 5.92 Å². The number of carboxylic acid groups (broad SMARTS) is 1. The summed E-state index contributed by atoms with van der Waals surface area (Å²) in [5, 5.41) is 49.7. The molecule has 0 unspecified atom stereocenters. The smallest absolute Gasteiger partial charge is 0.326 e. The van der Waals surface area contributed by atoms with Crippen LogP contribution in [0.15, 0.2) is 4.99 Å². The van der Waals surface area contributed by atoms with Gasteiger partial charge in [-0.1, -0.05) is 13.8 Å². The van der Waals surface area contributed by atoms with Crippen molar-refractivity contribution in [2.45, 2.75) is 82.2 Å². The zero-order valence-corrected chi connectivity index (χ0v) is 27.6. The van der Waals surface area contributed by atoms with Gasteiger partial charge in [0.25, 0.3) is 0 Å². The van der Waals surface area contributed by atoms with Crippen molar-refractivity contribution in [3.63, 3.8) is 0 Å². The van der Waals surface area contributed by atoms with E-state index in [1.807, 2.05) is 0 Å². The summed E-state index contributed by atoms with van der Waals surface area (Å²) in [5.74, 6) is -6.81. The zero-order chi connectivity index (χ0) is 37.3. The molecule has 21 heteroatoms. The third-order valence-corrected chi connectivity index (χ3v) is 7.35. The highest BCUT2D eigenvalue weighted by Gasteiger charge is 2.35. The number of likely N-dealkylation sites (tertiary alicyclic amines) is 1. The predicted octanol–water partition coefficient (Wildman–Crippen LogP) is -6.48. The average molecular weight is 703 g/mol. The van der Waals surface area contributed by atoms with Crippen molar-refractivity contribution in [3.05, 3.63) is 0 Å². The zero-order valence-electron chi connectivity index (χ0n) is 27.6. The molecular weight excluding hydrogens is 652 g/mol. The number of aliphatic imine (C=N–C) groups is 1. The Hall–Kier alpha value is -4.60. The maximum absolute atomic E-state index is 13.3. The van der Waals surface area contributed by atoms with Gasteiger partial charge in [0.15, 0.2) is 5.96 Å². The number of carboxylic acids is 1. The minimum absolute atomic E-state index is 0.0634. The first-order valence-corrected chi connectivity index (χ1v) is 15.7. The van der Waals surface area contributed by atoms with E-state index in [9.17, 15) is 54.0 Å². The summed E-state index contributed by atoms with van der Waals surface area (Å²) in [6, 6.07) is -8.14. The number of rotatable bonds is 21. The van der Waals surface area contributed by atoms with Crippen LogP contribution in [0.25, 0.3) is 0 Å². The van der Waals surface area contributed by atoms with Crippen LogP contribution in [0.2, 0.25) is 0 Å². The summed E-state index contributed by atoms with van der Waals surface area (Å²) in [4.78, 5) is 93.2. The lowest BCUT2D eigenvalue weighted by atomic mass is 10.0. The van der Waals surface area contributed by atoms with Crippen LogP contribution >= 0.6 is 0 Å². The number of carbonyl (C=O) groups excluding carboxylic acids is 6. The van der Waals surface area contributed by atoms with E-state index in [4.69, 9.17) is 17.2 Å². The highest BCUT2D eigenvalue weighted by Crippen LogP contribution is 2.17. The number of hydrogen-bond donors (Lipinski definition) is 12. The third-order valence-electron chi connectivity index (χ3n) is 7.35. The van der Waals surface area contributed by atoms with Crippen LogP contribution in [-0.2, 0) is 33.6 Å². The van der Waals surface area contributed by atoms with Crippen LogP contribution in [0.5, 0.6) is 0 Å². The van der Waals surface area contributed by atoms with Crippen LogP contribution in [0.3, 0.4) is 0 Å². The fourth-order valence-corrected chi connectivity index (χ4v) is 4.75. The number of hydrogen-bond acceptors (Lipinski definition) is 12. The molecule has 21 nitrogen and oxygen atoms in total. The van der Waals surface area contributed by atoms with Gasteiger partial charge in [-0.25, -0.2) is 4.79 Å². The number of amides is 6. The Morgan fingerprint density at radius 2 is 1.33 bits per heavy atom. The lowest BCUT2D eigenvalue weighted by Crippen LogP contribution is -2.60. The number of aliphatic carboxylic acids is 1. The van der Waals surface area contributed by atoms with Crippen LogP contribution in [0.4, 0.5) is 0 Å². The van der Waals surface area contributed by atoms with Crippen molar-refractivity contribution in [2.75, 3.05) is 39.5 Å². The Bertz CT molecular complexity index is 1200. The van der Waals surface area contributed by atoms with Crippen LogP contribution in [0.1, 0.15) is 46.0 Å². The average Bonchev–Trinajstić information content (AvgIpc) is 3.55. The molecule has 0 aromatic heterocycles. The molecule has 1 heterocycles. The molecule has 0 radical (unpaired) electrons. The van der Waals surface area contributed by atoms with E-state index >= 15 is 0 Å². The highest BCUT2D eigenvalue weighted by atomic mass is 16.4. The molecular formula is C28H50N10O11. The number of guanidine groups is 1. The molecule has 278 valence electrons. The Balaban J connectivity index is 2.99. The van der Waals surface area contributed by atoms with Gasteiger partial charge in [0.2, 0.25) is 35.4 Å². The normalized spacial score (nSPS) is 17.1. The van der Waals surface area contributed by atoms with E-state index < -0.39 is 104 Å². The monoisotopic (exact) mass is 702 g/mol. The molecule has 0 bridgehead atoms. The maximum atomic E-state index is 13.3. The van der Waals surface area contributed by atoms with Crippen molar-refractivity contribution in [1.82, 2.24) is 31.5 Å². The van der Waals surface area contributed by atoms with Crippen molar-refractivity contribution < 1.29 is 54.0 Å². The molecule has 49 heavy (non-hydrogen) atoms. The van der Waals surface area contributed by atoms with E-state index in [0.29, 0.717) is 6.42 Å². The van der Waals surface area contributed by atoms with Gasteiger partial charge in [0, 0.05) is 13.1 Å². The maximum Gasteiger partial charge on any atom is 0.326 e. The van der Waals surface area contributed by atoms with Gasteiger partial charge in [-0.3, -0.25) is 33.8 Å². The summed E-state index contributed by atoms with van der Waals surface area (Å²) < 4.78 is 0. The summed E-state index contributed by atoms with van der Waals surface area (Å²) in [6.07, 6.45) is 0.957. The fourth-order valence-electron chi connectivity index (χ4n) is 4.75. The van der Waals surface area contributed by atoms with Crippen molar-refractivity contribution in [1.29, 1.82) is 0 Å². The first-order chi connectivity index (χ1) is 23.1. The number of aliphatic hydroxyl groups is 3. The largest absolute Gasteiger partial charge is 0.480 e. The second kappa shape index (κ2) is 21.4. The van der Waals surface area contributed by atoms with E-state index in [0.717, 1.165) is 4.90 Å². The standard InChI is InChI=1S/C28H50N10O11/c1-14(2)9-17(35-22(43)15(29)11-39)25(46)34-16(5-3-7-32-28(30)31)24(45)37-19(13-41)26(47)36-18(12-40)23(44)33-10-21(42)38-8-4-6-20(38)27(48)49/h14-20,39-41H,3-13,29H2,1-2H3,(H,33,44)(H,34,46)(H,35,43)(H,36,47)(H,37,45)(H,48,49)(H4,30,31,32)/t15-,16-,17-,18-,19-,20-/m0/s1. The first-order valence-electron chi connectivity index (χ1n) is 15.7. The Kier molecular flexibility index (Phi) is 18.5. The van der Waals surface area contributed by atoms with E-state index in [-0.39, 0.29) is 50.7 Å². The second-order valence-corrected chi connectivity index (χ2v) is 11.8. The van der Waals surface area contributed by atoms with E-state index in [1.165, 1.54) is 0 Å². The molecule has 1 saturated heterocycles. The fraction of sp³-hybridized carbons (Fsp3) is 0.714. The minimum atomic E-state index is -1.68. The van der Waals surface area contributed by atoms with E-state index in [1.54, 1.807) is 13.8 Å². The molecule has 1 fully saturated rings. The lowest BCUT2D eigenvalue weighted by Gasteiger charge is -2.26. The van der Waals surface area contributed by atoms with Crippen molar-refractivity contribution in [2.24, 2.45) is 28.1 Å². The van der Waals surface area contributed by atoms with Crippen molar-refractivity contribution in [3.8, 4) is 0 Å². The van der Waals surface area contributed by atoms with Gasteiger partial charge in [-0.2, -0.15) is 0 Å². The number of nitrogens with one attached hydrogen (secondary N) is 5. The Morgan fingerprint density at radius 3 is 1.86 bits per heavy atom. The SMILES string of the molecule is CC(C)C[C@H](NC(=O)[C@@H](N)CO)C(=O)N[C@@H](CCCN=C(N)N)C(=O)N[C@@H](CO)C(=O)N[C@@H](CO)C(=O)NCC(=O)N1CCC[C@H]1C(=O)O.